The number of benzene rings is 18. The highest BCUT2D eigenvalue weighted by Crippen LogP contribution is 2.72. The molecule has 0 aliphatic heterocycles. The summed E-state index contributed by atoms with van der Waals surface area (Å²) in [7, 11) is 0. The molecule has 0 saturated heterocycles. The highest BCUT2D eigenvalue weighted by molar-refractivity contribution is 6.23. The van der Waals surface area contributed by atoms with E-state index in [9.17, 15) is 0 Å². The summed E-state index contributed by atoms with van der Waals surface area (Å²) >= 11 is 0. The molecule has 18 aromatic rings. The minimum absolute atomic E-state index is 0. The molecule has 18 aromatic carbocycles. The minimum Gasteiger partial charge on any atom is -0.0776 e. The van der Waals surface area contributed by atoms with Crippen LogP contribution in [-0.2, 0) is 10.8 Å². The van der Waals surface area contributed by atoms with Crippen LogP contribution < -0.4 is 0 Å². The van der Waals surface area contributed by atoms with Crippen molar-refractivity contribution in [3.8, 4) is 134 Å². The number of rotatable bonds is 10. The number of hydrogen-bond donors (Lipinski definition) is 0. The average molecular weight is 1570 g/mol. The van der Waals surface area contributed by atoms with Crippen LogP contribution in [0.4, 0.5) is 0 Å². The summed E-state index contributed by atoms with van der Waals surface area (Å²) in [6.45, 7) is 0. The number of hydrogen-bond acceptors (Lipinski definition) is 0. The Morgan fingerprint density at radius 2 is 0.361 bits per heavy atom. The monoisotopic (exact) mass is 1560 g/mol. The summed E-state index contributed by atoms with van der Waals surface area (Å²) in [4.78, 5) is 0. The third-order valence-corrected chi connectivity index (χ3v) is 31.0. The molecule has 0 amide bonds. The molecule has 0 atom stereocenters. The molecule has 588 valence electrons. The fourth-order valence-corrected chi connectivity index (χ4v) is 26.5. The first kappa shape index (κ1) is 74.1. The fourth-order valence-electron chi connectivity index (χ4n) is 26.5. The average Bonchev–Trinajstić information content (AvgIpc) is 1.51. The zero-order valence-corrected chi connectivity index (χ0v) is 67.6. The predicted octanol–water partition coefficient (Wildman–Crippen LogP) is 33.4. The molecule has 0 aromatic heterocycles. The van der Waals surface area contributed by atoms with Gasteiger partial charge in [-0.2, -0.15) is 0 Å². The lowest BCUT2D eigenvalue weighted by atomic mass is 9.43. The van der Waals surface area contributed by atoms with Gasteiger partial charge in [0.05, 0.1) is 0 Å². The van der Waals surface area contributed by atoms with E-state index in [2.05, 4.69) is 388 Å². The van der Waals surface area contributed by atoms with Gasteiger partial charge in [-0.1, -0.05) is 391 Å². The van der Waals surface area contributed by atoms with Crippen LogP contribution in [0.2, 0.25) is 0 Å². The minimum atomic E-state index is 0. The molecule has 8 fully saturated rings. The molecule has 2 spiro atoms. The van der Waals surface area contributed by atoms with Crippen LogP contribution in [0.25, 0.3) is 177 Å². The van der Waals surface area contributed by atoms with Crippen LogP contribution in [0, 0.1) is 47.3 Å². The van der Waals surface area contributed by atoms with Crippen molar-refractivity contribution < 1.29 is 0 Å². The van der Waals surface area contributed by atoms with Crippen LogP contribution in [0.3, 0.4) is 0 Å². The Morgan fingerprint density at radius 3 is 0.672 bits per heavy atom. The van der Waals surface area contributed by atoms with Gasteiger partial charge in [0.15, 0.2) is 0 Å². The Balaban J connectivity index is 0.000000139. The Bertz CT molecular complexity index is 6930. The first-order valence-corrected chi connectivity index (χ1v) is 44.5. The van der Waals surface area contributed by atoms with Gasteiger partial charge in [-0.05, 0) is 323 Å². The zero-order chi connectivity index (χ0) is 78.7. The van der Waals surface area contributed by atoms with E-state index in [0.29, 0.717) is 0 Å². The molecule has 0 nitrogen and oxygen atoms in total. The summed E-state index contributed by atoms with van der Waals surface area (Å²) in [5.41, 5.74) is 38.3. The summed E-state index contributed by atoms with van der Waals surface area (Å²) in [6, 6.07) is 146. The number of fused-ring (bicyclic) bond motifs is 10. The molecule has 0 N–H and O–H groups in total. The topological polar surface area (TPSA) is 0 Å². The molecular weight excluding hydrogens is 1470 g/mol. The summed E-state index contributed by atoms with van der Waals surface area (Å²) in [5.74, 6) is 6.93. The molecule has 0 unspecified atom stereocenters. The maximum absolute atomic E-state index is 2.61. The SMILES string of the molecule is C.C.c1ccc(-c2ccc(-c3c4ccccc4c(-c4ccc(-c5ccc(-c6ccc7c(c6)C6(c8ccccc8-7)C7CC8CC(C7)CC6C8)cc5)cc4)c4ccccc34)cc2)cc1.c1ccc(-c2ccccc2-c2c3ccccc3c(-c3ccc(-c4ccc(-c5ccc6c(c5)C5(c7ccccc7-6)C6CC7CC(C6)CC5C7)cc4)cc3)c3ccccc23)cc1. The Labute approximate surface area is 719 Å². The second-order valence-corrected chi connectivity index (χ2v) is 36.8. The molecule has 10 aliphatic rings. The molecular formula is C122H100. The summed E-state index contributed by atoms with van der Waals surface area (Å²) in [5, 5.41) is 10.2. The molecule has 0 heteroatoms. The van der Waals surface area contributed by atoms with Gasteiger partial charge in [-0.15, -0.1) is 0 Å². The Kier molecular flexibility index (Phi) is 17.9. The smallest absolute Gasteiger partial charge is 0.0272 e. The van der Waals surface area contributed by atoms with E-state index in [4.69, 9.17) is 0 Å². The van der Waals surface area contributed by atoms with Gasteiger partial charge in [0, 0.05) is 10.8 Å². The van der Waals surface area contributed by atoms with Crippen molar-refractivity contribution in [2.75, 3.05) is 0 Å². The molecule has 0 heterocycles. The van der Waals surface area contributed by atoms with Crippen molar-refractivity contribution in [3.05, 3.63) is 411 Å². The lowest BCUT2D eigenvalue weighted by molar-refractivity contribution is -0.0399. The first-order valence-electron chi connectivity index (χ1n) is 44.5. The van der Waals surface area contributed by atoms with Crippen LogP contribution >= 0.6 is 0 Å². The molecule has 0 radical (unpaired) electrons. The zero-order valence-electron chi connectivity index (χ0n) is 67.6. The lowest BCUT2D eigenvalue weighted by Crippen LogP contribution is -2.55. The standard InChI is InChI=1S/2C60H46.2CH4/c1-2-10-40(11-3-1)41-22-26-45(27-23-41)58-52-13-4-6-15-54(52)59(55-16-7-5-14-53(55)58)46-28-24-43(25-29-46)42-18-20-44(21-19-42)47-30-31-51-50-12-8-9-17-56(50)60(57(51)37-47)48-33-38-32-39(35-48)36-49(60)34-38;1-2-12-43(13-3-1)48-14-4-5-16-51(48)59-54-19-8-6-17-52(54)58(53-18-7-9-20-55(53)59)44-28-26-41(27-29-44)40-22-24-42(25-23-40)45-30-31-50-49-15-10-11-21-56(49)60(57(50)37-45)46-33-38-32-39(35-46)36-47(60)34-38;;/h1-31,37-39,48-49H,32-36H2;1-31,37-39,46-47H,32-36H2;2*1H4. The van der Waals surface area contributed by atoms with Crippen molar-refractivity contribution >= 4 is 43.1 Å². The fraction of sp³-hybridized carbons (Fsp3) is 0.180. The van der Waals surface area contributed by atoms with Gasteiger partial charge in [0.1, 0.15) is 0 Å². The van der Waals surface area contributed by atoms with Gasteiger partial charge in [0.2, 0.25) is 0 Å². The molecule has 122 heavy (non-hydrogen) atoms. The molecule has 8 bridgehead atoms. The molecule has 28 rings (SSSR count). The maximum Gasteiger partial charge on any atom is 0.0272 e. The van der Waals surface area contributed by atoms with Crippen molar-refractivity contribution in [2.24, 2.45) is 47.3 Å². The maximum atomic E-state index is 2.61. The largest absolute Gasteiger partial charge is 0.0776 e. The highest BCUT2D eigenvalue weighted by atomic mass is 14.7. The molecule has 10 aliphatic carbocycles. The van der Waals surface area contributed by atoms with E-state index >= 15 is 0 Å². The van der Waals surface area contributed by atoms with E-state index in [1.54, 1.807) is 22.3 Å². The van der Waals surface area contributed by atoms with Gasteiger partial charge >= 0.3 is 0 Å². The predicted molar refractivity (Wildman–Crippen MR) is 517 cm³/mol. The Morgan fingerprint density at radius 1 is 0.148 bits per heavy atom. The van der Waals surface area contributed by atoms with Crippen molar-refractivity contribution in [1.29, 1.82) is 0 Å². The van der Waals surface area contributed by atoms with Crippen LogP contribution in [0.15, 0.2) is 388 Å². The van der Waals surface area contributed by atoms with Gasteiger partial charge in [0.25, 0.3) is 0 Å². The van der Waals surface area contributed by atoms with E-state index in [-0.39, 0.29) is 25.7 Å². The van der Waals surface area contributed by atoms with Gasteiger partial charge in [-0.3, -0.25) is 0 Å². The third-order valence-electron chi connectivity index (χ3n) is 31.0. The van der Waals surface area contributed by atoms with Crippen molar-refractivity contribution in [2.45, 2.75) is 89.9 Å². The first-order chi connectivity index (χ1) is 59.4. The van der Waals surface area contributed by atoms with Crippen molar-refractivity contribution in [3.63, 3.8) is 0 Å². The van der Waals surface area contributed by atoms with Crippen LogP contribution in [-0.4, -0.2) is 0 Å². The van der Waals surface area contributed by atoms with Gasteiger partial charge in [-0.25, -0.2) is 0 Å². The van der Waals surface area contributed by atoms with Crippen LogP contribution in [0.1, 0.15) is 101 Å². The van der Waals surface area contributed by atoms with E-state index in [1.807, 2.05) is 0 Å². The normalized spacial score (nSPS) is 21.7. The second kappa shape index (κ2) is 29.4. The second-order valence-electron chi connectivity index (χ2n) is 36.8. The third kappa shape index (κ3) is 11.5. The van der Waals surface area contributed by atoms with Crippen molar-refractivity contribution in [1.82, 2.24) is 0 Å². The highest BCUT2D eigenvalue weighted by Gasteiger charge is 2.63. The van der Waals surface area contributed by atoms with E-state index in [0.717, 1.165) is 47.3 Å². The summed E-state index contributed by atoms with van der Waals surface area (Å²) in [6.07, 6.45) is 14.3. The van der Waals surface area contributed by atoms with E-state index < -0.39 is 0 Å². The van der Waals surface area contributed by atoms with Crippen LogP contribution in [0.5, 0.6) is 0 Å². The quantitative estimate of drug-likeness (QED) is 0.120. The Hall–Kier alpha value is -13.0. The lowest BCUT2D eigenvalue weighted by Gasteiger charge is -2.61. The van der Waals surface area contributed by atoms with E-state index in [1.165, 1.54) is 241 Å². The summed E-state index contributed by atoms with van der Waals surface area (Å²) < 4.78 is 0. The van der Waals surface area contributed by atoms with Gasteiger partial charge < -0.3 is 0 Å². The molecule has 8 saturated carbocycles.